The number of aliphatic imine (C=N–C) groups is 1. The quantitative estimate of drug-likeness (QED) is 0.469. The van der Waals surface area contributed by atoms with Crippen molar-refractivity contribution in [2.45, 2.75) is 53.1 Å². The third-order valence-corrected chi connectivity index (χ3v) is 4.61. The highest BCUT2D eigenvalue weighted by Gasteiger charge is 2.06. The lowest BCUT2D eigenvalue weighted by molar-refractivity contribution is 0.292. The van der Waals surface area contributed by atoms with E-state index >= 15 is 0 Å². The molecule has 5 heteroatoms. The van der Waals surface area contributed by atoms with Gasteiger partial charge in [0.1, 0.15) is 0 Å². The van der Waals surface area contributed by atoms with Crippen LogP contribution in [-0.2, 0) is 6.54 Å². The molecule has 0 aliphatic carbocycles. The fourth-order valence-corrected chi connectivity index (χ4v) is 2.86. The Morgan fingerprint density at radius 1 is 1.08 bits per heavy atom. The maximum absolute atomic E-state index is 4.74. The van der Waals surface area contributed by atoms with Crippen LogP contribution in [0.1, 0.15) is 46.1 Å². The molecule has 5 nitrogen and oxygen atoms in total. The Hall–Kier alpha value is -1.75. The standard InChI is InChI=1S/C21H39N5/c1-7-22-21(24-18(4)11-10-16-26(8-2)9-3)23-17-19-12-14-20(15-13-19)25(5)6/h12-15,18H,7-11,16-17H2,1-6H3,(H2,22,23,24). The fraction of sp³-hybridized carbons (Fsp3) is 0.667. The molecule has 0 saturated heterocycles. The Kier molecular flexibility index (Phi) is 10.8. The van der Waals surface area contributed by atoms with E-state index in [4.69, 9.17) is 4.99 Å². The molecule has 1 aromatic rings. The summed E-state index contributed by atoms with van der Waals surface area (Å²) in [7, 11) is 4.12. The Bertz CT molecular complexity index is 506. The third kappa shape index (κ3) is 8.56. The van der Waals surface area contributed by atoms with Gasteiger partial charge >= 0.3 is 0 Å². The van der Waals surface area contributed by atoms with Crippen molar-refractivity contribution in [1.82, 2.24) is 15.5 Å². The zero-order valence-electron chi connectivity index (χ0n) is 17.7. The van der Waals surface area contributed by atoms with Crippen LogP contribution in [0.4, 0.5) is 5.69 Å². The maximum atomic E-state index is 4.74. The average molecular weight is 362 g/mol. The van der Waals surface area contributed by atoms with Gasteiger partial charge < -0.3 is 20.4 Å². The molecule has 1 rings (SSSR count). The van der Waals surface area contributed by atoms with E-state index in [1.54, 1.807) is 0 Å². The number of hydrogen-bond donors (Lipinski definition) is 2. The monoisotopic (exact) mass is 361 g/mol. The molecule has 0 spiro atoms. The smallest absolute Gasteiger partial charge is 0.191 e. The number of hydrogen-bond acceptors (Lipinski definition) is 3. The van der Waals surface area contributed by atoms with Gasteiger partial charge in [-0.15, -0.1) is 0 Å². The molecule has 0 aromatic heterocycles. The van der Waals surface area contributed by atoms with Crippen LogP contribution in [-0.4, -0.2) is 57.2 Å². The van der Waals surface area contributed by atoms with Gasteiger partial charge in [-0.3, -0.25) is 0 Å². The molecule has 2 N–H and O–H groups in total. The molecular weight excluding hydrogens is 322 g/mol. The lowest BCUT2D eigenvalue weighted by Gasteiger charge is -2.21. The predicted molar refractivity (Wildman–Crippen MR) is 115 cm³/mol. The van der Waals surface area contributed by atoms with Crippen molar-refractivity contribution in [2.75, 3.05) is 45.2 Å². The van der Waals surface area contributed by atoms with Crippen molar-refractivity contribution >= 4 is 11.6 Å². The molecule has 0 amide bonds. The Morgan fingerprint density at radius 3 is 2.27 bits per heavy atom. The van der Waals surface area contributed by atoms with Crippen LogP contribution in [0.2, 0.25) is 0 Å². The summed E-state index contributed by atoms with van der Waals surface area (Å²) < 4.78 is 0. The van der Waals surface area contributed by atoms with Gasteiger partial charge in [-0.25, -0.2) is 4.99 Å². The van der Waals surface area contributed by atoms with Gasteiger partial charge in [-0.05, 0) is 64.0 Å². The molecule has 26 heavy (non-hydrogen) atoms. The second kappa shape index (κ2) is 12.6. The molecule has 0 aliphatic rings. The number of nitrogens with one attached hydrogen (secondary N) is 2. The highest BCUT2D eigenvalue weighted by molar-refractivity contribution is 5.80. The van der Waals surface area contributed by atoms with Crippen LogP contribution in [0.5, 0.6) is 0 Å². The minimum atomic E-state index is 0.416. The van der Waals surface area contributed by atoms with E-state index in [2.05, 4.69) is 86.5 Å². The number of guanidine groups is 1. The second-order valence-corrected chi connectivity index (χ2v) is 6.97. The molecular formula is C21H39N5. The lowest BCUT2D eigenvalue weighted by atomic mass is 10.2. The normalized spacial score (nSPS) is 13.0. The summed E-state index contributed by atoms with van der Waals surface area (Å²) >= 11 is 0. The summed E-state index contributed by atoms with van der Waals surface area (Å²) in [5, 5.41) is 6.89. The Labute approximate surface area is 160 Å². The number of rotatable bonds is 11. The molecule has 0 radical (unpaired) electrons. The van der Waals surface area contributed by atoms with E-state index in [0.717, 1.165) is 32.0 Å². The average Bonchev–Trinajstić information content (AvgIpc) is 2.64. The molecule has 0 saturated carbocycles. The van der Waals surface area contributed by atoms with Crippen LogP contribution in [0.25, 0.3) is 0 Å². The molecule has 0 bridgehead atoms. The first-order valence-corrected chi connectivity index (χ1v) is 10.0. The van der Waals surface area contributed by atoms with Gasteiger partial charge in [0.2, 0.25) is 0 Å². The van der Waals surface area contributed by atoms with Gasteiger partial charge in [-0.1, -0.05) is 26.0 Å². The molecule has 1 aromatic carbocycles. The largest absolute Gasteiger partial charge is 0.378 e. The Balaban J connectivity index is 2.51. The van der Waals surface area contributed by atoms with Gasteiger partial charge in [0.15, 0.2) is 5.96 Å². The van der Waals surface area contributed by atoms with Gasteiger partial charge in [0.25, 0.3) is 0 Å². The second-order valence-electron chi connectivity index (χ2n) is 6.97. The minimum absolute atomic E-state index is 0.416. The summed E-state index contributed by atoms with van der Waals surface area (Å²) in [6, 6.07) is 8.99. The first kappa shape index (κ1) is 22.3. The summed E-state index contributed by atoms with van der Waals surface area (Å²) in [6.45, 7) is 13.8. The van der Waals surface area contributed by atoms with E-state index in [1.807, 2.05) is 0 Å². The topological polar surface area (TPSA) is 42.9 Å². The molecule has 0 fully saturated rings. The predicted octanol–water partition coefficient (Wildman–Crippen LogP) is 3.32. The van der Waals surface area contributed by atoms with Crippen LogP contribution in [0.3, 0.4) is 0 Å². The van der Waals surface area contributed by atoms with E-state index in [1.165, 1.54) is 24.2 Å². The van der Waals surface area contributed by atoms with Gasteiger partial charge in [0.05, 0.1) is 6.54 Å². The van der Waals surface area contributed by atoms with E-state index < -0.39 is 0 Å². The third-order valence-electron chi connectivity index (χ3n) is 4.61. The minimum Gasteiger partial charge on any atom is -0.378 e. The van der Waals surface area contributed by atoms with E-state index in [9.17, 15) is 0 Å². The maximum Gasteiger partial charge on any atom is 0.191 e. The summed E-state index contributed by atoms with van der Waals surface area (Å²) in [6.07, 6.45) is 2.36. The first-order chi connectivity index (χ1) is 12.5. The van der Waals surface area contributed by atoms with Crippen LogP contribution in [0, 0.1) is 0 Å². The Morgan fingerprint density at radius 2 is 1.73 bits per heavy atom. The van der Waals surface area contributed by atoms with Crippen molar-refractivity contribution in [3.8, 4) is 0 Å². The van der Waals surface area contributed by atoms with Crippen LogP contribution in [0.15, 0.2) is 29.3 Å². The molecule has 0 heterocycles. The first-order valence-electron chi connectivity index (χ1n) is 10.0. The molecule has 0 aliphatic heterocycles. The van der Waals surface area contributed by atoms with E-state index in [-0.39, 0.29) is 0 Å². The van der Waals surface area contributed by atoms with Crippen molar-refractivity contribution in [2.24, 2.45) is 4.99 Å². The summed E-state index contributed by atoms with van der Waals surface area (Å²) in [5.41, 5.74) is 2.44. The number of nitrogens with zero attached hydrogens (tertiary/aromatic N) is 3. The highest BCUT2D eigenvalue weighted by atomic mass is 15.2. The van der Waals surface area contributed by atoms with Crippen molar-refractivity contribution in [3.63, 3.8) is 0 Å². The highest BCUT2D eigenvalue weighted by Crippen LogP contribution is 2.12. The summed E-state index contributed by atoms with van der Waals surface area (Å²) in [5.74, 6) is 0.902. The van der Waals surface area contributed by atoms with Crippen molar-refractivity contribution < 1.29 is 0 Å². The zero-order chi connectivity index (χ0) is 19.4. The molecule has 1 unspecified atom stereocenters. The van der Waals surface area contributed by atoms with Gasteiger partial charge in [0, 0.05) is 32.4 Å². The van der Waals surface area contributed by atoms with Crippen LogP contribution < -0.4 is 15.5 Å². The molecule has 1 atom stereocenters. The van der Waals surface area contributed by atoms with E-state index in [0.29, 0.717) is 12.6 Å². The number of benzene rings is 1. The zero-order valence-corrected chi connectivity index (χ0v) is 17.7. The SMILES string of the molecule is CCNC(=NCc1ccc(N(C)C)cc1)NC(C)CCCN(CC)CC. The molecule has 148 valence electrons. The van der Waals surface area contributed by atoms with Gasteiger partial charge in [-0.2, -0.15) is 0 Å². The number of anilines is 1. The lowest BCUT2D eigenvalue weighted by Crippen LogP contribution is -2.42. The van der Waals surface area contributed by atoms with Crippen LogP contribution >= 0.6 is 0 Å². The summed E-state index contributed by atoms with van der Waals surface area (Å²) in [4.78, 5) is 9.33. The fourth-order valence-electron chi connectivity index (χ4n) is 2.86. The van der Waals surface area contributed by atoms with Crippen molar-refractivity contribution in [1.29, 1.82) is 0 Å². The van der Waals surface area contributed by atoms with Crippen molar-refractivity contribution in [3.05, 3.63) is 29.8 Å².